The van der Waals surface area contributed by atoms with Crippen molar-refractivity contribution in [3.8, 4) is 0 Å². The summed E-state index contributed by atoms with van der Waals surface area (Å²) < 4.78 is 38.1. The van der Waals surface area contributed by atoms with E-state index < -0.39 is 11.7 Å². The molecule has 0 saturated heterocycles. The highest BCUT2D eigenvalue weighted by Crippen LogP contribution is 2.29. The lowest BCUT2D eigenvalue weighted by Crippen LogP contribution is -2.34. The van der Waals surface area contributed by atoms with Crippen LogP contribution >= 0.6 is 11.3 Å². The van der Waals surface area contributed by atoms with E-state index in [-0.39, 0.29) is 18.4 Å². The molecule has 1 atom stereocenters. The van der Waals surface area contributed by atoms with Crippen molar-refractivity contribution in [3.05, 3.63) is 57.8 Å². The summed E-state index contributed by atoms with van der Waals surface area (Å²) in [5.41, 5.74) is -0.391. The van der Waals surface area contributed by atoms with Crippen molar-refractivity contribution in [1.29, 1.82) is 0 Å². The predicted molar refractivity (Wildman–Crippen MR) is 88.9 cm³/mol. The second-order valence-electron chi connectivity index (χ2n) is 5.67. The number of carbonyl (C=O) groups excluding carboxylic acids is 1. The van der Waals surface area contributed by atoms with Crippen LogP contribution < -0.4 is 5.32 Å². The highest BCUT2D eigenvalue weighted by Gasteiger charge is 2.30. The normalized spacial score (nSPS) is 13.1. The van der Waals surface area contributed by atoms with Crippen molar-refractivity contribution in [3.63, 3.8) is 0 Å². The van der Waals surface area contributed by atoms with Gasteiger partial charge in [-0.3, -0.25) is 4.79 Å². The number of nitrogens with one attached hydrogen (secondary N) is 1. The quantitative estimate of drug-likeness (QED) is 0.855. The molecule has 2 aromatic rings. The Morgan fingerprint density at radius 1 is 1.25 bits per heavy atom. The van der Waals surface area contributed by atoms with Crippen LogP contribution in [0.1, 0.15) is 22.0 Å². The van der Waals surface area contributed by atoms with Crippen molar-refractivity contribution in [2.24, 2.45) is 0 Å². The molecular weight excluding hydrogens is 337 g/mol. The van der Waals surface area contributed by atoms with Gasteiger partial charge in [-0.05, 0) is 37.2 Å². The van der Waals surface area contributed by atoms with Gasteiger partial charge >= 0.3 is 6.18 Å². The summed E-state index contributed by atoms with van der Waals surface area (Å²) in [7, 11) is 3.84. The van der Waals surface area contributed by atoms with Gasteiger partial charge in [0, 0.05) is 11.4 Å². The summed E-state index contributed by atoms with van der Waals surface area (Å²) in [5, 5.41) is 4.77. The Morgan fingerprint density at radius 2 is 2.00 bits per heavy atom. The monoisotopic (exact) mass is 356 g/mol. The number of hydrogen-bond donors (Lipinski definition) is 1. The molecule has 0 spiro atoms. The van der Waals surface area contributed by atoms with Crippen LogP contribution in [-0.4, -0.2) is 31.4 Å². The number of benzene rings is 1. The Morgan fingerprint density at radius 3 is 2.58 bits per heavy atom. The van der Waals surface area contributed by atoms with E-state index in [1.807, 2.05) is 36.5 Å². The lowest BCUT2D eigenvalue weighted by molar-refractivity contribution is -0.137. The zero-order valence-electron chi connectivity index (χ0n) is 13.4. The molecule has 0 saturated carbocycles. The number of thiophene rings is 1. The third-order valence-electron chi connectivity index (χ3n) is 3.61. The molecule has 24 heavy (non-hydrogen) atoms. The maximum absolute atomic E-state index is 12.7. The van der Waals surface area contributed by atoms with E-state index >= 15 is 0 Å². The smallest absolute Gasteiger partial charge is 0.354 e. The van der Waals surface area contributed by atoms with Crippen LogP contribution in [0.3, 0.4) is 0 Å². The molecule has 1 amide bonds. The third-order valence-corrected chi connectivity index (χ3v) is 4.58. The van der Waals surface area contributed by atoms with E-state index in [1.165, 1.54) is 12.1 Å². The van der Waals surface area contributed by atoms with E-state index in [4.69, 9.17) is 0 Å². The molecule has 0 bridgehead atoms. The van der Waals surface area contributed by atoms with Crippen molar-refractivity contribution in [2.75, 3.05) is 20.6 Å². The number of likely N-dealkylation sites (N-methyl/N-ethyl adjacent to an activating group) is 1. The molecule has 1 unspecified atom stereocenters. The SMILES string of the molecule is CN(C)C(CNC(=O)Cc1cccc(C(F)(F)F)c1)c1cccs1. The molecule has 7 heteroatoms. The number of rotatable bonds is 6. The van der Waals surface area contributed by atoms with Gasteiger partial charge in [0.1, 0.15) is 0 Å². The maximum atomic E-state index is 12.7. The van der Waals surface area contributed by atoms with E-state index in [1.54, 1.807) is 11.3 Å². The molecule has 1 N–H and O–H groups in total. The summed E-state index contributed by atoms with van der Waals surface area (Å²) in [6, 6.07) is 8.84. The predicted octanol–water partition coefficient (Wildman–Crippen LogP) is 3.73. The molecule has 3 nitrogen and oxygen atoms in total. The minimum absolute atomic E-state index is 0.0375. The third kappa shape index (κ3) is 5.07. The second-order valence-corrected chi connectivity index (χ2v) is 6.65. The molecule has 0 aliphatic heterocycles. The number of nitrogens with zero attached hydrogens (tertiary/aromatic N) is 1. The van der Waals surface area contributed by atoms with Crippen LogP contribution in [-0.2, 0) is 17.4 Å². The minimum Gasteiger partial charge on any atom is -0.354 e. The van der Waals surface area contributed by atoms with Crippen LogP contribution in [0.2, 0.25) is 0 Å². The Bertz CT molecular complexity index is 669. The molecule has 0 radical (unpaired) electrons. The molecule has 0 fully saturated rings. The number of hydrogen-bond acceptors (Lipinski definition) is 3. The number of amides is 1. The van der Waals surface area contributed by atoms with Gasteiger partial charge in [0.05, 0.1) is 18.0 Å². The van der Waals surface area contributed by atoms with Gasteiger partial charge < -0.3 is 10.2 Å². The summed E-state index contributed by atoms with van der Waals surface area (Å²) in [6.07, 6.45) is -4.48. The standard InChI is InChI=1S/C17H19F3N2OS/c1-22(2)14(15-7-4-8-24-15)11-21-16(23)10-12-5-3-6-13(9-12)17(18,19)20/h3-9,14H,10-11H2,1-2H3,(H,21,23). The van der Waals surface area contributed by atoms with E-state index in [2.05, 4.69) is 5.32 Å². The Kier molecular flexibility index (Phi) is 6.01. The molecule has 1 aromatic carbocycles. The molecule has 0 aliphatic rings. The first-order valence-electron chi connectivity index (χ1n) is 7.40. The summed E-state index contributed by atoms with van der Waals surface area (Å²) >= 11 is 1.60. The highest BCUT2D eigenvalue weighted by molar-refractivity contribution is 7.10. The molecule has 130 valence electrons. The molecule has 1 heterocycles. The Balaban J connectivity index is 1.96. The van der Waals surface area contributed by atoms with Gasteiger partial charge in [0.2, 0.25) is 5.91 Å². The fourth-order valence-corrected chi connectivity index (χ4v) is 3.26. The topological polar surface area (TPSA) is 32.3 Å². The minimum atomic E-state index is -4.40. The largest absolute Gasteiger partial charge is 0.416 e. The van der Waals surface area contributed by atoms with Crippen LogP contribution in [0.4, 0.5) is 13.2 Å². The fraction of sp³-hybridized carbons (Fsp3) is 0.353. The Labute approximate surface area is 143 Å². The van der Waals surface area contributed by atoms with Crippen molar-refractivity contribution < 1.29 is 18.0 Å². The first-order valence-corrected chi connectivity index (χ1v) is 8.28. The first kappa shape index (κ1) is 18.5. The average Bonchev–Trinajstić information content (AvgIpc) is 3.00. The van der Waals surface area contributed by atoms with Crippen molar-refractivity contribution >= 4 is 17.2 Å². The van der Waals surface area contributed by atoms with E-state index in [9.17, 15) is 18.0 Å². The van der Waals surface area contributed by atoms with Gasteiger partial charge in [-0.15, -0.1) is 11.3 Å². The van der Waals surface area contributed by atoms with Gasteiger partial charge in [0.25, 0.3) is 0 Å². The van der Waals surface area contributed by atoms with Crippen LogP contribution in [0.15, 0.2) is 41.8 Å². The average molecular weight is 356 g/mol. The van der Waals surface area contributed by atoms with Crippen molar-refractivity contribution in [1.82, 2.24) is 10.2 Å². The lowest BCUT2D eigenvalue weighted by atomic mass is 10.1. The van der Waals surface area contributed by atoms with Gasteiger partial charge in [-0.25, -0.2) is 0 Å². The van der Waals surface area contributed by atoms with Crippen molar-refractivity contribution in [2.45, 2.75) is 18.6 Å². The molecule has 2 rings (SSSR count). The number of carbonyl (C=O) groups is 1. The maximum Gasteiger partial charge on any atom is 0.416 e. The van der Waals surface area contributed by atoms with Crippen LogP contribution in [0.5, 0.6) is 0 Å². The van der Waals surface area contributed by atoms with Gasteiger partial charge in [-0.1, -0.05) is 24.3 Å². The van der Waals surface area contributed by atoms with Crippen LogP contribution in [0.25, 0.3) is 0 Å². The summed E-state index contributed by atoms with van der Waals surface area (Å²) in [4.78, 5) is 15.2. The van der Waals surface area contributed by atoms with Gasteiger partial charge in [-0.2, -0.15) is 13.2 Å². The van der Waals surface area contributed by atoms with Crippen LogP contribution in [0, 0.1) is 0 Å². The van der Waals surface area contributed by atoms with E-state index in [0.717, 1.165) is 17.0 Å². The number of alkyl halides is 3. The fourth-order valence-electron chi connectivity index (χ4n) is 2.33. The zero-order chi connectivity index (χ0) is 17.7. The molecule has 1 aromatic heterocycles. The second kappa shape index (κ2) is 7.81. The van der Waals surface area contributed by atoms with Gasteiger partial charge in [0.15, 0.2) is 0 Å². The number of halogens is 3. The first-order chi connectivity index (χ1) is 11.3. The zero-order valence-corrected chi connectivity index (χ0v) is 14.2. The highest BCUT2D eigenvalue weighted by atomic mass is 32.1. The molecular formula is C17H19F3N2OS. The summed E-state index contributed by atoms with van der Waals surface area (Å²) in [6.45, 7) is 0.408. The van der Waals surface area contributed by atoms with E-state index in [0.29, 0.717) is 12.1 Å². The Hall–Kier alpha value is -1.86. The molecule has 0 aliphatic carbocycles. The lowest BCUT2D eigenvalue weighted by Gasteiger charge is -2.23. The summed E-state index contributed by atoms with van der Waals surface area (Å²) in [5.74, 6) is -0.294.